The van der Waals surface area contributed by atoms with Gasteiger partial charge in [-0.2, -0.15) is 13.2 Å². The van der Waals surface area contributed by atoms with Crippen LogP contribution in [0, 0.1) is 5.92 Å². The Hall–Kier alpha value is -2.24. The maximum atomic E-state index is 13.1. The van der Waals surface area contributed by atoms with Gasteiger partial charge in [-0.3, -0.25) is 9.78 Å². The molecule has 1 aliphatic carbocycles. The van der Waals surface area contributed by atoms with Crippen molar-refractivity contribution < 1.29 is 42.1 Å². The number of carbonyl (C=O) groups is 2. The van der Waals surface area contributed by atoms with Crippen molar-refractivity contribution in [3.8, 4) is 0 Å². The average molecular weight is 460 g/mol. The summed E-state index contributed by atoms with van der Waals surface area (Å²) in [7, 11) is 0. The van der Waals surface area contributed by atoms with Crippen LogP contribution in [-0.4, -0.2) is 77.7 Å². The van der Waals surface area contributed by atoms with Gasteiger partial charge in [-0.1, -0.05) is 6.07 Å². The maximum Gasteiger partial charge on any atom is 0.490 e. The van der Waals surface area contributed by atoms with Crippen molar-refractivity contribution in [1.82, 2.24) is 9.88 Å². The number of hydrogen-bond donors (Lipinski definition) is 1. The summed E-state index contributed by atoms with van der Waals surface area (Å²) >= 11 is 0. The minimum Gasteiger partial charge on any atom is -0.475 e. The van der Waals surface area contributed by atoms with Gasteiger partial charge >= 0.3 is 12.1 Å². The number of hydrogen-bond acceptors (Lipinski definition) is 6. The van der Waals surface area contributed by atoms with Gasteiger partial charge in [0.1, 0.15) is 6.10 Å². The van der Waals surface area contributed by atoms with Crippen LogP contribution in [0.2, 0.25) is 0 Å². The van der Waals surface area contributed by atoms with E-state index in [0.29, 0.717) is 33.0 Å². The minimum absolute atomic E-state index is 0.0495. The fourth-order valence-corrected chi connectivity index (χ4v) is 4.24. The van der Waals surface area contributed by atoms with Crippen molar-refractivity contribution in [3.05, 3.63) is 30.1 Å². The molecule has 1 aromatic rings. The number of halogens is 3. The Morgan fingerprint density at radius 1 is 1.19 bits per heavy atom. The molecule has 3 atom stereocenters. The minimum atomic E-state index is -5.08. The van der Waals surface area contributed by atoms with Gasteiger partial charge in [-0.15, -0.1) is 0 Å². The molecule has 11 heteroatoms. The molecule has 3 fully saturated rings. The standard InChI is InChI=1S/C19H26N2O4.C2HF3O2/c22-19(15-5-9-23-10-6-15)21-8-11-24-17-4-3-16(21)18(17)25-13-14-2-1-7-20-12-14;3-2(4,5)1(6)7/h1-2,7,12,15-18H,3-6,8-11,13H2;(H,6,7). The molecular formula is C21H27F3N2O6. The Morgan fingerprint density at radius 2 is 1.91 bits per heavy atom. The first-order valence-corrected chi connectivity index (χ1v) is 10.6. The molecule has 1 aromatic heterocycles. The van der Waals surface area contributed by atoms with Crippen LogP contribution in [0.15, 0.2) is 24.5 Å². The lowest BCUT2D eigenvalue weighted by Gasteiger charge is -2.35. The first-order chi connectivity index (χ1) is 15.3. The molecule has 0 radical (unpaired) electrons. The summed E-state index contributed by atoms with van der Waals surface area (Å²) in [6.45, 7) is 3.16. The maximum absolute atomic E-state index is 13.1. The highest BCUT2D eigenvalue weighted by Crippen LogP contribution is 2.34. The van der Waals surface area contributed by atoms with Crippen LogP contribution in [-0.2, 0) is 30.4 Å². The van der Waals surface area contributed by atoms with Crippen molar-refractivity contribution in [3.63, 3.8) is 0 Å². The molecule has 1 saturated carbocycles. The molecule has 4 rings (SSSR count). The molecule has 0 spiro atoms. The molecule has 3 unspecified atom stereocenters. The quantitative estimate of drug-likeness (QED) is 0.737. The van der Waals surface area contributed by atoms with Crippen LogP contribution >= 0.6 is 0 Å². The predicted octanol–water partition coefficient (Wildman–Crippen LogP) is 2.42. The van der Waals surface area contributed by atoms with Gasteiger partial charge in [0.05, 0.1) is 25.4 Å². The number of pyridine rings is 1. The van der Waals surface area contributed by atoms with Gasteiger partial charge in [-0.25, -0.2) is 4.79 Å². The van der Waals surface area contributed by atoms with E-state index in [1.807, 2.05) is 23.2 Å². The highest BCUT2D eigenvalue weighted by atomic mass is 19.4. The Morgan fingerprint density at radius 3 is 2.53 bits per heavy atom. The molecule has 0 aromatic carbocycles. The van der Waals surface area contributed by atoms with E-state index >= 15 is 0 Å². The summed E-state index contributed by atoms with van der Waals surface area (Å²) in [6.07, 6.45) is 2.11. The number of amides is 1. The second-order valence-corrected chi connectivity index (χ2v) is 7.91. The topological polar surface area (TPSA) is 98.2 Å². The Labute approximate surface area is 183 Å². The summed E-state index contributed by atoms with van der Waals surface area (Å²) < 4.78 is 49.4. The fraction of sp³-hybridized carbons (Fsp3) is 0.667. The van der Waals surface area contributed by atoms with Crippen molar-refractivity contribution in [2.75, 3.05) is 26.4 Å². The summed E-state index contributed by atoms with van der Waals surface area (Å²) in [4.78, 5) is 28.1. The van der Waals surface area contributed by atoms with Crippen LogP contribution in [0.4, 0.5) is 13.2 Å². The number of alkyl halides is 3. The number of carbonyl (C=O) groups excluding carboxylic acids is 1. The van der Waals surface area contributed by atoms with Gasteiger partial charge in [0, 0.05) is 38.1 Å². The number of rotatable bonds is 4. The number of ether oxygens (including phenoxy) is 3. The Bertz CT molecular complexity index is 758. The van der Waals surface area contributed by atoms with E-state index in [9.17, 15) is 18.0 Å². The van der Waals surface area contributed by atoms with E-state index in [-0.39, 0.29) is 30.1 Å². The molecule has 1 amide bonds. The van der Waals surface area contributed by atoms with E-state index in [0.717, 1.165) is 31.2 Å². The summed E-state index contributed by atoms with van der Waals surface area (Å²) in [5.41, 5.74) is 1.05. The molecule has 2 saturated heterocycles. The zero-order valence-corrected chi connectivity index (χ0v) is 17.5. The smallest absolute Gasteiger partial charge is 0.475 e. The molecule has 32 heavy (non-hydrogen) atoms. The van der Waals surface area contributed by atoms with E-state index < -0.39 is 12.1 Å². The van der Waals surface area contributed by atoms with E-state index in [4.69, 9.17) is 24.1 Å². The van der Waals surface area contributed by atoms with Crippen molar-refractivity contribution in [2.45, 2.75) is 56.7 Å². The largest absolute Gasteiger partial charge is 0.490 e. The summed E-state index contributed by atoms with van der Waals surface area (Å²) in [5, 5.41) is 7.12. The van der Waals surface area contributed by atoms with E-state index in [1.165, 1.54) is 0 Å². The van der Waals surface area contributed by atoms with Crippen LogP contribution in [0.3, 0.4) is 0 Å². The van der Waals surface area contributed by atoms with E-state index in [1.54, 1.807) is 6.20 Å². The highest BCUT2D eigenvalue weighted by molar-refractivity contribution is 5.79. The Balaban J connectivity index is 0.000000360. The molecule has 178 valence electrons. The van der Waals surface area contributed by atoms with Crippen molar-refractivity contribution in [2.24, 2.45) is 5.92 Å². The van der Waals surface area contributed by atoms with E-state index in [2.05, 4.69) is 4.98 Å². The second kappa shape index (κ2) is 11.1. The normalized spacial score (nSPS) is 26.1. The number of carboxylic acids is 1. The van der Waals surface area contributed by atoms with Crippen molar-refractivity contribution in [1.29, 1.82) is 0 Å². The molecule has 3 aliphatic rings. The van der Waals surface area contributed by atoms with Crippen LogP contribution < -0.4 is 0 Å². The van der Waals surface area contributed by atoms with Gasteiger partial charge in [0.15, 0.2) is 0 Å². The van der Waals surface area contributed by atoms with Gasteiger partial charge in [-0.05, 0) is 37.3 Å². The summed E-state index contributed by atoms with van der Waals surface area (Å²) in [5.74, 6) is -2.41. The number of fused-ring (bicyclic) bond motifs is 2. The first kappa shape index (κ1) is 24.4. The zero-order valence-electron chi connectivity index (χ0n) is 17.5. The molecule has 1 N–H and O–H groups in total. The SMILES string of the molecule is O=C(C1CCOCC1)N1CCOC2CCC1C2OCc1cccnc1.O=C(O)C(F)(F)F. The Kier molecular flexibility index (Phi) is 8.44. The summed E-state index contributed by atoms with van der Waals surface area (Å²) in [6, 6.07) is 4.05. The number of nitrogens with zero attached hydrogens (tertiary/aromatic N) is 2. The number of aromatic nitrogens is 1. The van der Waals surface area contributed by atoms with Gasteiger partial charge < -0.3 is 24.2 Å². The lowest BCUT2D eigenvalue weighted by molar-refractivity contribution is -0.192. The number of carboxylic acid groups (broad SMARTS) is 1. The lowest BCUT2D eigenvalue weighted by atomic mass is 9.97. The molecule has 2 aliphatic heterocycles. The third-order valence-electron chi connectivity index (χ3n) is 5.82. The monoisotopic (exact) mass is 460 g/mol. The predicted molar refractivity (Wildman–Crippen MR) is 105 cm³/mol. The third kappa shape index (κ3) is 6.39. The van der Waals surface area contributed by atoms with Crippen LogP contribution in [0.5, 0.6) is 0 Å². The fourth-order valence-electron chi connectivity index (χ4n) is 4.24. The van der Waals surface area contributed by atoms with Gasteiger partial charge in [0.2, 0.25) is 5.91 Å². The molecule has 2 bridgehead atoms. The van der Waals surface area contributed by atoms with Crippen LogP contribution in [0.25, 0.3) is 0 Å². The average Bonchev–Trinajstić information content (AvgIpc) is 3.08. The molecular weight excluding hydrogens is 433 g/mol. The van der Waals surface area contributed by atoms with Crippen molar-refractivity contribution >= 4 is 11.9 Å². The number of aliphatic carboxylic acids is 1. The third-order valence-corrected chi connectivity index (χ3v) is 5.82. The molecule has 3 heterocycles. The second-order valence-electron chi connectivity index (χ2n) is 7.91. The lowest BCUT2D eigenvalue weighted by Crippen LogP contribution is -2.49. The highest BCUT2D eigenvalue weighted by Gasteiger charge is 2.45. The zero-order chi connectivity index (χ0) is 23.1. The molecule has 8 nitrogen and oxygen atoms in total. The van der Waals surface area contributed by atoms with Crippen LogP contribution in [0.1, 0.15) is 31.2 Å². The van der Waals surface area contributed by atoms with Gasteiger partial charge in [0.25, 0.3) is 0 Å². The first-order valence-electron chi connectivity index (χ1n) is 10.6.